The molecule has 0 spiro atoms. The lowest BCUT2D eigenvalue weighted by Gasteiger charge is -2.25. The van der Waals surface area contributed by atoms with Crippen molar-refractivity contribution >= 4 is 5.97 Å². The Morgan fingerprint density at radius 1 is 1.62 bits per heavy atom. The quantitative estimate of drug-likeness (QED) is 0.611. The Bertz CT molecular complexity index is 270. The predicted molar refractivity (Wildman–Crippen MR) is 44.7 cm³/mol. The van der Waals surface area contributed by atoms with E-state index in [1.165, 1.54) is 20.3 Å². The molecule has 0 aliphatic heterocycles. The summed E-state index contributed by atoms with van der Waals surface area (Å²) in [5.74, 6) is -2.74. The van der Waals surface area contributed by atoms with Crippen LogP contribution < -0.4 is 0 Å². The van der Waals surface area contributed by atoms with Gasteiger partial charge in [-0.3, -0.25) is 0 Å². The van der Waals surface area contributed by atoms with Crippen molar-refractivity contribution in [2.75, 3.05) is 14.2 Å². The van der Waals surface area contributed by atoms with Crippen molar-refractivity contribution < 1.29 is 18.7 Å². The Kier molecular flexibility index (Phi) is 2.83. The first kappa shape index (κ1) is 9.92. The van der Waals surface area contributed by atoms with Crippen LogP contribution in [0.2, 0.25) is 0 Å². The molecule has 0 fully saturated rings. The summed E-state index contributed by atoms with van der Waals surface area (Å²) in [5.41, 5.74) is -0.0972. The van der Waals surface area contributed by atoms with E-state index in [1.807, 2.05) is 0 Å². The van der Waals surface area contributed by atoms with Crippen LogP contribution in [0.25, 0.3) is 0 Å². The molecule has 1 atom stereocenters. The van der Waals surface area contributed by atoms with Gasteiger partial charge in [-0.1, -0.05) is 12.2 Å². The van der Waals surface area contributed by atoms with Crippen LogP contribution in [0.5, 0.6) is 0 Å². The van der Waals surface area contributed by atoms with E-state index in [9.17, 15) is 9.18 Å². The molecule has 4 heteroatoms. The standard InChI is InChI=1S/C9H11FO3/c1-12-8(11)7-5-3-4-6-9(7,10)13-2/h3-5H,6H2,1-2H3. The first-order chi connectivity index (χ1) is 6.14. The second kappa shape index (κ2) is 3.70. The number of allylic oxidation sites excluding steroid dienone is 2. The molecule has 0 N–H and O–H groups in total. The van der Waals surface area contributed by atoms with E-state index in [-0.39, 0.29) is 12.0 Å². The molecule has 0 aromatic carbocycles. The fourth-order valence-electron chi connectivity index (χ4n) is 1.14. The van der Waals surface area contributed by atoms with Gasteiger partial charge in [0.15, 0.2) is 0 Å². The van der Waals surface area contributed by atoms with Gasteiger partial charge in [0.25, 0.3) is 0 Å². The second-order valence-corrected chi connectivity index (χ2v) is 2.64. The topological polar surface area (TPSA) is 35.5 Å². The molecule has 13 heavy (non-hydrogen) atoms. The number of hydrogen-bond acceptors (Lipinski definition) is 3. The van der Waals surface area contributed by atoms with Crippen molar-refractivity contribution in [3.05, 3.63) is 23.8 Å². The summed E-state index contributed by atoms with van der Waals surface area (Å²) in [6.45, 7) is 0. The number of ether oxygens (including phenoxy) is 2. The molecule has 3 nitrogen and oxygen atoms in total. The van der Waals surface area contributed by atoms with Gasteiger partial charge in [0.2, 0.25) is 5.85 Å². The lowest BCUT2D eigenvalue weighted by molar-refractivity contribution is -0.146. The van der Waals surface area contributed by atoms with Crippen molar-refractivity contribution in [2.24, 2.45) is 0 Å². The number of alkyl halides is 1. The van der Waals surface area contributed by atoms with E-state index in [0.29, 0.717) is 0 Å². The molecular weight excluding hydrogens is 175 g/mol. The Morgan fingerprint density at radius 2 is 2.31 bits per heavy atom. The molecule has 0 aromatic rings. The molecule has 1 aliphatic carbocycles. The van der Waals surface area contributed by atoms with Crippen LogP contribution in [-0.4, -0.2) is 26.0 Å². The maximum atomic E-state index is 13.8. The molecule has 0 radical (unpaired) electrons. The Morgan fingerprint density at radius 3 is 2.85 bits per heavy atom. The van der Waals surface area contributed by atoms with Crippen LogP contribution in [0.4, 0.5) is 4.39 Å². The highest BCUT2D eigenvalue weighted by Gasteiger charge is 2.39. The normalized spacial score (nSPS) is 26.8. The molecule has 1 aliphatic rings. The highest BCUT2D eigenvalue weighted by atomic mass is 19.2. The van der Waals surface area contributed by atoms with Gasteiger partial charge in [-0.2, -0.15) is 0 Å². The average Bonchev–Trinajstić information content (AvgIpc) is 2.17. The van der Waals surface area contributed by atoms with Crippen LogP contribution in [0, 0.1) is 0 Å². The predicted octanol–water partition coefficient (Wildman–Crippen LogP) is 1.36. The fourth-order valence-corrected chi connectivity index (χ4v) is 1.14. The Labute approximate surface area is 75.8 Å². The van der Waals surface area contributed by atoms with E-state index >= 15 is 0 Å². The van der Waals surface area contributed by atoms with E-state index in [0.717, 1.165) is 0 Å². The highest BCUT2D eigenvalue weighted by molar-refractivity contribution is 5.91. The largest absolute Gasteiger partial charge is 0.465 e. The van der Waals surface area contributed by atoms with Gasteiger partial charge in [-0.05, 0) is 6.08 Å². The van der Waals surface area contributed by atoms with Crippen molar-refractivity contribution in [3.63, 3.8) is 0 Å². The minimum absolute atomic E-state index is 0.0322. The number of carbonyl (C=O) groups excluding carboxylic acids is 1. The summed E-state index contributed by atoms with van der Waals surface area (Å²) < 4.78 is 22.8. The van der Waals surface area contributed by atoms with Crippen molar-refractivity contribution in [1.82, 2.24) is 0 Å². The number of methoxy groups -OCH3 is 2. The SMILES string of the molecule is COC(=O)C1=CC=CCC1(F)OC. The first-order valence-corrected chi connectivity index (χ1v) is 3.83. The molecule has 0 aromatic heterocycles. The van der Waals surface area contributed by atoms with Gasteiger partial charge in [0.1, 0.15) is 5.57 Å². The van der Waals surface area contributed by atoms with Crippen molar-refractivity contribution in [2.45, 2.75) is 12.3 Å². The van der Waals surface area contributed by atoms with E-state index in [4.69, 9.17) is 0 Å². The van der Waals surface area contributed by atoms with Gasteiger partial charge in [-0.15, -0.1) is 0 Å². The van der Waals surface area contributed by atoms with E-state index in [2.05, 4.69) is 9.47 Å². The van der Waals surface area contributed by atoms with Crippen molar-refractivity contribution in [1.29, 1.82) is 0 Å². The summed E-state index contributed by atoms with van der Waals surface area (Å²) >= 11 is 0. The molecule has 1 unspecified atom stereocenters. The van der Waals surface area contributed by atoms with Gasteiger partial charge in [0, 0.05) is 13.5 Å². The first-order valence-electron chi connectivity index (χ1n) is 3.83. The molecule has 72 valence electrons. The molecule has 0 bridgehead atoms. The third-order valence-electron chi connectivity index (χ3n) is 1.91. The number of halogens is 1. The van der Waals surface area contributed by atoms with Crippen LogP contribution in [0.1, 0.15) is 6.42 Å². The highest BCUT2D eigenvalue weighted by Crippen LogP contribution is 2.31. The second-order valence-electron chi connectivity index (χ2n) is 2.64. The third kappa shape index (κ3) is 1.78. The average molecular weight is 186 g/mol. The van der Waals surface area contributed by atoms with E-state index < -0.39 is 11.8 Å². The zero-order valence-corrected chi connectivity index (χ0v) is 7.54. The van der Waals surface area contributed by atoms with Gasteiger partial charge < -0.3 is 9.47 Å². The fraction of sp³-hybridized carbons (Fsp3) is 0.444. The monoisotopic (exact) mass is 186 g/mol. The van der Waals surface area contributed by atoms with Crippen molar-refractivity contribution in [3.8, 4) is 0 Å². The molecular formula is C9H11FO3. The summed E-state index contributed by atoms with van der Waals surface area (Å²) in [6, 6.07) is 0. The Hall–Kier alpha value is -1.16. The van der Waals surface area contributed by atoms with Crippen LogP contribution >= 0.6 is 0 Å². The third-order valence-corrected chi connectivity index (χ3v) is 1.91. The van der Waals surface area contributed by atoms with Crippen LogP contribution in [-0.2, 0) is 14.3 Å². The summed E-state index contributed by atoms with van der Waals surface area (Å²) in [7, 11) is 2.42. The van der Waals surface area contributed by atoms with Crippen LogP contribution in [0.15, 0.2) is 23.8 Å². The maximum Gasteiger partial charge on any atom is 0.339 e. The number of hydrogen-bond donors (Lipinski definition) is 0. The summed E-state index contributed by atoms with van der Waals surface area (Å²) in [6.07, 6.45) is 4.59. The lowest BCUT2D eigenvalue weighted by atomic mass is 9.99. The zero-order valence-electron chi connectivity index (χ0n) is 7.54. The molecule has 0 saturated heterocycles. The maximum absolute atomic E-state index is 13.8. The van der Waals surface area contributed by atoms with Gasteiger partial charge in [-0.25, -0.2) is 9.18 Å². The molecule has 0 amide bonds. The smallest absolute Gasteiger partial charge is 0.339 e. The van der Waals surface area contributed by atoms with E-state index in [1.54, 1.807) is 12.2 Å². The Balaban J connectivity index is 2.95. The lowest BCUT2D eigenvalue weighted by Crippen LogP contribution is -2.33. The minimum Gasteiger partial charge on any atom is -0.465 e. The van der Waals surface area contributed by atoms with Gasteiger partial charge >= 0.3 is 5.97 Å². The molecule has 0 heterocycles. The minimum atomic E-state index is -2.04. The molecule has 0 saturated carbocycles. The number of rotatable bonds is 2. The summed E-state index contributed by atoms with van der Waals surface area (Å²) in [4.78, 5) is 11.1. The number of esters is 1. The zero-order chi connectivity index (χ0) is 9.90. The molecule has 1 rings (SSSR count). The summed E-state index contributed by atoms with van der Waals surface area (Å²) in [5, 5.41) is 0. The van der Waals surface area contributed by atoms with Gasteiger partial charge in [0.05, 0.1) is 7.11 Å². The number of carbonyl (C=O) groups is 1. The van der Waals surface area contributed by atoms with Crippen LogP contribution in [0.3, 0.4) is 0 Å².